The summed E-state index contributed by atoms with van der Waals surface area (Å²) < 4.78 is 12.3. The van der Waals surface area contributed by atoms with Gasteiger partial charge >= 0.3 is 0 Å². The lowest BCUT2D eigenvalue weighted by molar-refractivity contribution is -0.122. The molecule has 2 amide bonds. The highest BCUT2D eigenvalue weighted by atomic mass is 16.5. The number of aromatic nitrogens is 5. The molecule has 6 rings (SSSR count). The molecule has 1 N–H and O–H groups in total. The summed E-state index contributed by atoms with van der Waals surface area (Å²) in [5.74, 6) is -0.0289. The average molecular weight is 549 g/mol. The van der Waals surface area contributed by atoms with Crippen molar-refractivity contribution in [2.75, 3.05) is 6.61 Å². The fraction of sp³-hybridized carbons (Fsp3) is 0.250. The van der Waals surface area contributed by atoms with Crippen molar-refractivity contribution in [2.24, 2.45) is 0 Å². The zero-order valence-electron chi connectivity index (χ0n) is 23.0. The molecule has 5 aromatic rings. The molecule has 1 aliphatic rings. The molecule has 0 saturated carbocycles. The summed E-state index contributed by atoms with van der Waals surface area (Å²) in [7, 11) is 0. The van der Waals surface area contributed by atoms with Gasteiger partial charge in [0.1, 0.15) is 5.75 Å². The first-order chi connectivity index (χ1) is 20.1. The van der Waals surface area contributed by atoms with Gasteiger partial charge in [-0.05, 0) is 49.9 Å². The molecule has 0 aliphatic carbocycles. The largest absolute Gasteiger partial charge is 0.494 e. The summed E-state index contributed by atoms with van der Waals surface area (Å²) in [5, 5.41) is 3.46. The lowest BCUT2D eigenvalue weighted by atomic mass is 9.96. The Balaban J connectivity index is 1.21. The lowest BCUT2D eigenvalue weighted by Crippen LogP contribution is -2.22. The van der Waals surface area contributed by atoms with Gasteiger partial charge in [0.25, 0.3) is 11.8 Å². The van der Waals surface area contributed by atoms with Crippen molar-refractivity contribution in [2.45, 2.75) is 45.8 Å². The Bertz CT molecular complexity index is 1710. The minimum Gasteiger partial charge on any atom is -0.494 e. The summed E-state index contributed by atoms with van der Waals surface area (Å²) in [6.07, 6.45) is 14.1. The Morgan fingerprint density at radius 2 is 1.63 bits per heavy atom. The molecular formula is C32H32N6O3. The predicted molar refractivity (Wildman–Crippen MR) is 157 cm³/mol. The van der Waals surface area contributed by atoms with E-state index in [-0.39, 0.29) is 11.8 Å². The van der Waals surface area contributed by atoms with E-state index in [1.54, 1.807) is 6.20 Å². The molecule has 1 aliphatic heterocycles. The number of unbranched alkanes of at least 4 members (excludes halogenated alkanes) is 1. The van der Waals surface area contributed by atoms with Gasteiger partial charge in [-0.2, -0.15) is 0 Å². The maximum Gasteiger partial charge on any atom is 0.259 e. The number of para-hydroxylation sites is 1. The second-order valence-corrected chi connectivity index (χ2v) is 10.2. The van der Waals surface area contributed by atoms with Crippen LogP contribution in [-0.2, 0) is 29.2 Å². The standard InChI is InChI=1S/C32H32N6O3/c1-23-19-34-22-38(23)16-6-15-37-20-27(26-7-2-3-8-28(26)37)30-29(31(39)35-32(30)40)24-9-11-25(12-10-24)41-18-5-4-14-36-17-13-33-21-36/h2-3,7-13,17,19-22H,4-6,14-16,18H2,1H3,(H,35,39,40). The number of nitrogens with one attached hydrogen (secondary N) is 1. The predicted octanol–water partition coefficient (Wildman–Crippen LogP) is 4.86. The second-order valence-electron chi connectivity index (χ2n) is 10.2. The van der Waals surface area contributed by atoms with Crippen molar-refractivity contribution in [3.05, 3.63) is 103 Å². The fourth-order valence-corrected chi connectivity index (χ4v) is 5.37. The summed E-state index contributed by atoms with van der Waals surface area (Å²) >= 11 is 0. The van der Waals surface area contributed by atoms with Gasteiger partial charge in [-0.25, -0.2) is 9.97 Å². The van der Waals surface area contributed by atoms with Crippen LogP contribution < -0.4 is 10.1 Å². The van der Waals surface area contributed by atoms with E-state index in [0.29, 0.717) is 23.3 Å². The molecule has 9 heteroatoms. The summed E-state index contributed by atoms with van der Waals surface area (Å²) in [6.45, 7) is 5.16. The van der Waals surface area contributed by atoms with Crippen molar-refractivity contribution in [3.8, 4) is 5.75 Å². The maximum atomic E-state index is 13.1. The van der Waals surface area contributed by atoms with Crippen LogP contribution >= 0.6 is 0 Å². The number of hydrogen-bond acceptors (Lipinski definition) is 5. The first-order valence-electron chi connectivity index (χ1n) is 13.9. The SMILES string of the molecule is Cc1cncn1CCCn1cc(C2=C(c3ccc(OCCCCn4ccnc4)cc3)C(=O)NC2=O)c2ccccc21. The minimum absolute atomic E-state index is 0.375. The third-order valence-corrected chi connectivity index (χ3v) is 7.49. The number of carbonyl (C=O) groups is 2. The fourth-order valence-electron chi connectivity index (χ4n) is 5.37. The van der Waals surface area contributed by atoms with E-state index in [2.05, 4.69) is 30.5 Å². The van der Waals surface area contributed by atoms with E-state index in [1.165, 1.54) is 0 Å². The van der Waals surface area contributed by atoms with Crippen LogP contribution in [0.2, 0.25) is 0 Å². The van der Waals surface area contributed by atoms with Gasteiger partial charge in [0, 0.05) is 66.6 Å². The summed E-state index contributed by atoms with van der Waals surface area (Å²) in [4.78, 5) is 34.4. The molecule has 9 nitrogen and oxygen atoms in total. The summed E-state index contributed by atoms with van der Waals surface area (Å²) in [5.41, 5.74) is 4.39. The van der Waals surface area contributed by atoms with Crippen molar-refractivity contribution < 1.29 is 14.3 Å². The highest BCUT2D eigenvalue weighted by molar-refractivity contribution is 6.50. The molecule has 0 unspecified atom stereocenters. The molecule has 41 heavy (non-hydrogen) atoms. The highest BCUT2D eigenvalue weighted by Crippen LogP contribution is 2.36. The Labute approximate surface area is 238 Å². The van der Waals surface area contributed by atoms with Gasteiger partial charge in [-0.15, -0.1) is 0 Å². The Morgan fingerprint density at radius 3 is 2.41 bits per heavy atom. The first-order valence-corrected chi connectivity index (χ1v) is 13.9. The van der Waals surface area contributed by atoms with Gasteiger partial charge < -0.3 is 18.4 Å². The molecule has 4 heterocycles. The molecule has 0 saturated heterocycles. The maximum absolute atomic E-state index is 13.1. The molecule has 0 bridgehead atoms. The number of rotatable bonds is 12. The van der Waals surface area contributed by atoms with Gasteiger partial charge in [0.15, 0.2) is 0 Å². The monoisotopic (exact) mass is 548 g/mol. The second kappa shape index (κ2) is 11.7. The van der Waals surface area contributed by atoms with E-state index in [9.17, 15) is 9.59 Å². The van der Waals surface area contributed by atoms with Crippen LogP contribution in [0.4, 0.5) is 0 Å². The zero-order chi connectivity index (χ0) is 28.2. The Morgan fingerprint density at radius 1 is 0.829 bits per heavy atom. The molecule has 208 valence electrons. The van der Waals surface area contributed by atoms with Gasteiger partial charge in [0.2, 0.25) is 0 Å². The number of nitrogens with zero attached hydrogens (tertiary/aromatic N) is 5. The van der Waals surface area contributed by atoms with Gasteiger partial charge in [-0.1, -0.05) is 30.3 Å². The Kier molecular flexibility index (Phi) is 7.49. The van der Waals surface area contributed by atoms with Crippen molar-refractivity contribution in [1.82, 2.24) is 29.0 Å². The number of aryl methyl sites for hydroxylation is 4. The van der Waals surface area contributed by atoms with Crippen LogP contribution in [0, 0.1) is 6.92 Å². The normalized spacial score (nSPS) is 13.4. The molecular weight excluding hydrogens is 516 g/mol. The highest BCUT2D eigenvalue weighted by Gasteiger charge is 2.33. The molecule has 0 spiro atoms. The number of carbonyl (C=O) groups excluding carboxylic acids is 2. The number of ether oxygens (including phenoxy) is 1. The van der Waals surface area contributed by atoms with E-state index in [0.717, 1.165) is 66.8 Å². The number of benzene rings is 2. The van der Waals surface area contributed by atoms with E-state index in [4.69, 9.17) is 4.74 Å². The number of fused-ring (bicyclic) bond motifs is 1. The molecule has 0 atom stereocenters. The molecule has 0 radical (unpaired) electrons. The van der Waals surface area contributed by atoms with Gasteiger partial charge in [0.05, 0.1) is 30.4 Å². The first kappa shape index (κ1) is 26.3. The average Bonchev–Trinajstić information content (AvgIpc) is 3.77. The number of hydrogen-bond donors (Lipinski definition) is 1. The molecule has 0 fully saturated rings. The van der Waals surface area contributed by atoms with Gasteiger partial charge in [-0.3, -0.25) is 14.9 Å². The van der Waals surface area contributed by atoms with E-state index in [1.807, 2.05) is 85.2 Å². The molecule has 2 aromatic carbocycles. The van der Waals surface area contributed by atoms with E-state index >= 15 is 0 Å². The van der Waals surface area contributed by atoms with Crippen LogP contribution in [0.3, 0.4) is 0 Å². The van der Waals surface area contributed by atoms with Crippen molar-refractivity contribution >= 4 is 33.9 Å². The van der Waals surface area contributed by atoms with E-state index < -0.39 is 0 Å². The third-order valence-electron chi connectivity index (χ3n) is 7.49. The van der Waals surface area contributed by atoms with Crippen molar-refractivity contribution in [3.63, 3.8) is 0 Å². The van der Waals surface area contributed by atoms with Crippen LogP contribution in [0.5, 0.6) is 5.75 Å². The third kappa shape index (κ3) is 5.56. The zero-order valence-corrected chi connectivity index (χ0v) is 23.0. The van der Waals surface area contributed by atoms with Crippen LogP contribution in [0.1, 0.15) is 36.1 Å². The van der Waals surface area contributed by atoms with Crippen molar-refractivity contribution in [1.29, 1.82) is 0 Å². The topological polar surface area (TPSA) is 96.0 Å². The summed E-state index contributed by atoms with van der Waals surface area (Å²) in [6, 6.07) is 15.4. The number of imide groups is 1. The smallest absolute Gasteiger partial charge is 0.259 e. The van der Waals surface area contributed by atoms with Crippen LogP contribution in [0.15, 0.2) is 86.0 Å². The quantitative estimate of drug-likeness (QED) is 0.177. The molecule has 3 aromatic heterocycles. The van der Waals surface area contributed by atoms with Crippen LogP contribution in [0.25, 0.3) is 22.0 Å². The lowest BCUT2D eigenvalue weighted by Gasteiger charge is -2.08. The Hall–Kier alpha value is -4.92. The minimum atomic E-state index is -0.384. The number of imidazole rings is 2. The number of amides is 2. The van der Waals surface area contributed by atoms with Crippen LogP contribution in [-0.4, -0.2) is 42.1 Å².